The number of hydrogen-bond acceptors (Lipinski definition) is 4. The summed E-state index contributed by atoms with van der Waals surface area (Å²) >= 11 is 0. The summed E-state index contributed by atoms with van der Waals surface area (Å²) in [6, 6.07) is 1.06. The average Bonchev–Trinajstić information content (AvgIpc) is 3.32. The molecule has 1 atom stereocenters. The van der Waals surface area contributed by atoms with Crippen molar-refractivity contribution in [3.05, 3.63) is 0 Å². The lowest BCUT2D eigenvalue weighted by Gasteiger charge is -2.39. The molecule has 4 heteroatoms. The van der Waals surface area contributed by atoms with Gasteiger partial charge in [-0.15, -0.1) is 0 Å². The molecule has 2 fully saturated rings. The second kappa shape index (κ2) is 7.10. The summed E-state index contributed by atoms with van der Waals surface area (Å²) in [5.41, 5.74) is -0.478. The second-order valence-corrected chi connectivity index (χ2v) is 6.77. The van der Waals surface area contributed by atoms with Crippen molar-refractivity contribution < 1.29 is 9.53 Å². The first kappa shape index (κ1) is 16.8. The fourth-order valence-electron chi connectivity index (χ4n) is 3.45. The van der Waals surface area contributed by atoms with Gasteiger partial charge in [-0.2, -0.15) is 0 Å². The van der Waals surface area contributed by atoms with Crippen LogP contribution in [0.5, 0.6) is 0 Å². The van der Waals surface area contributed by atoms with Gasteiger partial charge in [0.25, 0.3) is 0 Å². The van der Waals surface area contributed by atoms with E-state index < -0.39 is 5.54 Å². The van der Waals surface area contributed by atoms with E-state index in [1.807, 2.05) is 6.92 Å². The average molecular weight is 296 g/mol. The van der Waals surface area contributed by atoms with Gasteiger partial charge in [-0.05, 0) is 58.4 Å². The minimum absolute atomic E-state index is 0.0304. The SMILES string of the molecule is CCOC(=O)C(CN(C)C(CC)CC)(NC1CC1)C1CC1. The molecule has 0 amide bonds. The number of esters is 1. The first-order valence-electron chi connectivity index (χ1n) is 8.72. The first-order chi connectivity index (χ1) is 10.1. The third kappa shape index (κ3) is 3.98. The highest BCUT2D eigenvalue weighted by Crippen LogP contribution is 2.43. The monoisotopic (exact) mass is 296 g/mol. The predicted octanol–water partition coefficient (Wildman–Crippen LogP) is 2.57. The van der Waals surface area contributed by atoms with E-state index in [-0.39, 0.29) is 5.97 Å². The van der Waals surface area contributed by atoms with E-state index in [0.717, 1.165) is 32.2 Å². The van der Waals surface area contributed by atoms with Crippen molar-refractivity contribution in [1.82, 2.24) is 10.2 Å². The lowest BCUT2D eigenvalue weighted by Crippen LogP contribution is -2.62. The number of nitrogens with zero attached hydrogens (tertiary/aromatic N) is 1. The van der Waals surface area contributed by atoms with Crippen molar-refractivity contribution in [2.24, 2.45) is 5.92 Å². The van der Waals surface area contributed by atoms with Crippen LogP contribution >= 0.6 is 0 Å². The highest BCUT2D eigenvalue weighted by molar-refractivity contribution is 5.82. The minimum Gasteiger partial charge on any atom is -0.465 e. The molecule has 4 nitrogen and oxygen atoms in total. The van der Waals surface area contributed by atoms with Gasteiger partial charge in [-0.1, -0.05) is 13.8 Å². The summed E-state index contributed by atoms with van der Waals surface area (Å²) in [7, 11) is 2.16. The van der Waals surface area contributed by atoms with Crippen molar-refractivity contribution in [2.75, 3.05) is 20.2 Å². The third-order valence-electron chi connectivity index (χ3n) is 5.02. The Balaban J connectivity index is 2.14. The summed E-state index contributed by atoms with van der Waals surface area (Å²) in [6.45, 7) is 7.59. The molecule has 1 unspecified atom stereocenters. The molecule has 0 radical (unpaired) electrons. The van der Waals surface area contributed by atoms with Crippen LogP contribution in [-0.2, 0) is 9.53 Å². The Labute approximate surface area is 129 Å². The molecule has 0 bridgehead atoms. The smallest absolute Gasteiger partial charge is 0.327 e. The summed E-state index contributed by atoms with van der Waals surface area (Å²) in [5, 5.41) is 3.67. The Morgan fingerprint density at radius 1 is 1.24 bits per heavy atom. The maximum absolute atomic E-state index is 12.7. The van der Waals surface area contributed by atoms with Gasteiger partial charge in [-0.25, -0.2) is 4.79 Å². The summed E-state index contributed by atoms with van der Waals surface area (Å²) in [5.74, 6) is 0.422. The van der Waals surface area contributed by atoms with Crippen molar-refractivity contribution in [1.29, 1.82) is 0 Å². The van der Waals surface area contributed by atoms with Gasteiger partial charge in [0, 0.05) is 18.6 Å². The van der Waals surface area contributed by atoms with Crippen LogP contribution in [-0.4, -0.2) is 48.7 Å². The molecule has 122 valence electrons. The van der Waals surface area contributed by atoms with Crippen LogP contribution in [0.25, 0.3) is 0 Å². The van der Waals surface area contributed by atoms with Crippen LogP contribution in [0.1, 0.15) is 59.3 Å². The maximum Gasteiger partial charge on any atom is 0.327 e. The molecule has 0 aromatic heterocycles. The zero-order chi connectivity index (χ0) is 15.5. The zero-order valence-corrected chi connectivity index (χ0v) is 14.2. The highest BCUT2D eigenvalue weighted by Gasteiger charge is 2.54. The van der Waals surface area contributed by atoms with E-state index in [9.17, 15) is 4.79 Å². The van der Waals surface area contributed by atoms with Gasteiger partial charge >= 0.3 is 5.97 Å². The molecular formula is C17H32N2O2. The lowest BCUT2D eigenvalue weighted by molar-refractivity contribution is -0.153. The van der Waals surface area contributed by atoms with Crippen molar-refractivity contribution in [3.8, 4) is 0 Å². The van der Waals surface area contributed by atoms with E-state index >= 15 is 0 Å². The van der Waals surface area contributed by atoms with Crippen LogP contribution in [0.15, 0.2) is 0 Å². The number of carbonyl (C=O) groups is 1. The van der Waals surface area contributed by atoms with Gasteiger partial charge in [0.05, 0.1) is 6.61 Å². The molecule has 2 rings (SSSR count). The number of hydrogen-bond donors (Lipinski definition) is 1. The van der Waals surface area contributed by atoms with E-state index in [1.54, 1.807) is 0 Å². The van der Waals surface area contributed by atoms with Crippen molar-refractivity contribution >= 4 is 5.97 Å². The maximum atomic E-state index is 12.7. The summed E-state index contributed by atoms with van der Waals surface area (Å²) in [4.78, 5) is 15.1. The summed E-state index contributed by atoms with van der Waals surface area (Å²) < 4.78 is 5.46. The van der Waals surface area contributed by atoms with Gasteiger partial charge in [0.15, 0.2) is 0 Å². The van der Waals surface area contributed by atoms with Gasteiger partial charge in [-0.3, -0.25) is 5.32 Å². The summed E-state index contributed by atoms with van der Waals surface area (Å²) in [6.07, 6.45) is 6.94. The first-order valence-corrected chi connectivity index (χ1v) is 8.72. The van der Waals surface area contributed by atoms with Gasteiger partial charge in [0.2, 0.25) is 0 Å². The normalized spacial score (nSPS) is 21.6. The Morgan fingerprint density at radius 2 is 1.86 bits per heavy atom. The van der Waals surface area contributed by atoms with E-state index in [1.165, 1.54) is 12.8 Å². The molecule has 2 aliphatic carbocycles. The minimum atomic E-state index is -0.478. The van der Waals surface area contributed by atoms with Gasteiger partial charge in [0.1, 0.15) is 5.54 Å². The van der Waals surface area contributed by atoms with E-state index in [0.29, 0.717) is 24.6 Å². The van der Waals surface area contributed by atoms with Crippen LogP contribution < -0.4 is 5.32 Å². The molecule has 0 spiro atoms. The van der Waals surface area contributed by atoms with Crippen LogP contribution in [0.3, 0.4) is 0 Å². The lowest BCUT2D eigenvalue weighted by atomic mass is 9.91. The Morgan fingerprint density at radius 3 is 2.29 bits per heavy atom. The molecule has 0 aromatic rings. The van der Waals surface area contributed by atoms with Gasteiger partial charge < -0.3 is 9.64 Å². The highest BCUT2D eigenvalue weighted by atomic mass is 16.5. The molecule has 2 aliphatic rings. The van der Waals surface area contributed by atoms with Crippen LogP contribution in [0, 0.1) is 5.92 Å². The van der Waals surface area contributed by atoms with E-state index in [2.05, 4.69) is 31.1 Å². The molecule has 0 saturated heterocycles. The topological polar surface area (TPSA) is 41.6 Å². The molecular weight excluding hydrogens is 264 g/mol. The Hall–Kier alpha value is -0.610. The molecule has 0 aromatic carbocycles. The van der Waals surface area contributed by atoms with Crippen LogP contribution in [0.2, 0.25) is 0 Å². The fraction of sp³-hybridized carbons (Fsp3) is 0.941. The molecule has 0 aliphatic heterocycles. The standard InChI is InChI=1S/C17H32N2O2/c1-5-15(6-2)19(4)12-17(13-8-9-13,16(20)21-7-3)18-14-10-11-14/h13-15,18H,5-12H2,1-4H3. The van der Waals surface area contributed by atoms with Crippen LogP contribution in [0.4, 0.5) is 0 Å². The quantitative estimate of drug-likeness (QED) is 0.629. The largest absolute Gasteiger partial charge is 0.465 e. The number of rotatable bonds is 10. The molecule has 0 heterocycles. The Bertz CT molecular complexity index is 349. The third-order valence-corrected chi connectivity index (χ3v) is 5.02. The van der Waals surface area contributed by atoms with Crippen molar-refractivity contribution in [2.45, 2.75) is 76.9 Å². The number of likely N-dealkylation sites (N-methyl/N-ethyl adjacent to an activating group) is 1. The van der Waals surface area contributed by atoms with Crippen molar-refractivity contribution in [3.63, 3.8) is 0 Å². The fourth-order valence-corrected chi connectivity index (χ4v) is 3.45. The number of ether oxygens (including phenoxy) is 1. The second-order valence-electron chi connectivity index (χ2n) is 6.77. The zero-order valence-electron chi connectivity index (χ0n) is 14.2. The number of carbonyl (C=O) groups excluding carboxylic acids is 1. The number of nitrogens with one attached hydrogen (secondary N) is 1. The molecule has 1 N–H and O–H groups in total. The van der Waals surface area contributed by atoms with E-state index in [4.69, 9.17) is 4.74 Å². The molecule has 2 saturated carbocycles. The predicted molar refractivity (Wildman–Crippen MR) is 85.2 cm³/mol. The molecule has 21 heavy (non-hydrogen) atoms. The Kier molecular flexibility index (Phi) is 5.67.